The molecule has 2 nitrogen and oxygen atoms in total. The van der Waals surface area contributed by atoms with Gasteiger partial charge in [0, 0.05) is 28.8 Å². The van der Waals surface area contributed by atoms with Crippen LogP contribution in [0.5, 0.6) is 0 Å². The lowest BCUT2D eigenvalue weighted by Gasteiger charge is -2.18. The number of thioether (sulfide) groups is 1. The third-order valence-corrected chi connectivity index (χ3v) is 4.62. The summed E-state index contributed by atoms with van der Waals surface area (Å²) < 4.78 is 0. The van der Waals surface area contributed by atoms with Crippen LogP contribution in [0.4, 0.5) is 0 Å². The summed E-state index contributed by atoms with van der Waals surface area (Å²) in [6.07, 6.45) is 0. The van der Waals surface area contributed by atoms with Crippen LogP contribution in [0.3, 0.4) is 0 Å². The molecule has 0 amide bonds. The number of benzene rings is 1. The molecule has 0 aliphatic carbocycles. The molecule has 0 unspecified atom stereocenters. The third kappa shape index (κ3) is 5.74. The number of nitrogens with one attached hydrogen (secondary N) is 1. The van der Waals surface area contributed by atoms with Crippen molar-refractivity contribution in [1.82, 2.24) is 10.2 Å². The van der Waals surface area contributed by atoms with E-state index in [0.29, 0.717) is 0 Å². The molecular formula is C15H25ClN2S. The van der Waals surface area contributed by atoms with Gasteiger partial charge in [-0.2, -0.15) is 0 Å². The number of hydrogen-bond donors (Lipinski definition) is 1. The average molecular weight is 301 g/mol. The fraction of sp³-hybridized carbons (Fsp3) is 0.600. The summed E-state index contributed by atoms with van der Waals surface area (Å²) in [4.78, 5) is 3.75. The predicted molar refractivity (Wildman–Crippen MR) is 87.3 cm³/mol. The van der Waals surface area contributed by atoms with Crippen molar-refractivity contribution in [2.45, 2.75) is 32.2 Å². The van der Waals surface area contributed by atoms with Crippen LogP contribution in [-0.2, 0) is 6.54 Å². The highest BCUT2D eigenvalue weighted by Crippen LogP contribution is 2.28. The SMILES string of the molecule is CCNCc1c(Cl)cccc1SCCN(CC)CC. The molecule has 0 radical (unpaired) electrons. The molecule has 0 heterocycles. The second-order valence-corrected chi connectivity index (χ2v) is 5.92. The lowest BCUT2D eigenvalue weighted by atomic mass is 10.2. The maximum atomic E-state index is 6.30. The Hall–Kier alpha value is -0.220. The van der Waals surface area contributed by atoms with E-state index in [1.165, 1.54) is 10.5 Å². The summed E-state index contributed by atoms with van der Waals surface area (Å²) in [7, 11) is 0. The van der Waals surface area contributed by atoms with Crippen molar-refractivity contribution in [2.75, 3.05) is 31.9 Å². The molecule has 0 aliphatic heterocycles. The lowest BCUT2D eigenvalue weighted by molar-refractivity contribution is 0.324. The summed E-state index contributed by atoms with van der Waals surface area (Å²) >= 11 is 8.20. The predicted octanol–water partition coefficient (Wildman–Crippen LogP) is 3.88. The number of halogens is 1. The molecule has 0 atom stereocenters. The molecule has 0 fully saturated rings. The zero-order chi connectivity index (χ0) is 14.1. The van der Waals surface area contributed by atoms with Gasteiger partial charge in [-0.3, -0.25) is 0 Å². The van der Waals surface area contributed by atoms with E-state index in [0.717, 1.165) is 43.5 Å². The molecule has 108 valence electrons. The molecule has 1 rings (SSSR count). The van der Waals surface area contributed by atoms with Crippen LogP contribution < -0.4 is 5.32 Å². The van der Waals surface area contributed by atoms with Gasteiger partial charge in [0.05, 0.1) is 0 Å². The Morgan fingerprint density at radius 1 is 1.21 bits per heavy atom. The van der Waals surface area contributed by atoms with Crippen molar-refractivity contribution in [1.29, 1.82) is 0 Å². The molecule has 0 aromatic heterocycles. The van der Waals surface area contributed by atoms with Gasteiger partial charge >= 0.3 is 0 Å². The highest BCUT2D eigenvalue weighted by atomic mass is 35.5. The van der Waals surface area contributed by atoms with Gasteiger partial charge < -0.3 is 10.2 Å². The smallest absolute Gasteiger partial charge is 0.0462 e. The molecule has 1 aromatic rings. The van der Waals surface area contributed by atoms with E-state index < -0.39 is 0 Å². The maximum Gasteiger partial charge on any atom is 0.0462 e. The van der Waals surface area contributed by atoms with Crippen LogP contribution in [0, 0.1) is 0 Å². The van der Waals surface area contributed by atoms with Crippen molar-refractivity contribution in [3.63, 3.8) is 0 Å². The van der Waals surface area contributed by atoms with E-state index in [2.05, 4.69) is 37.1 Å². The summed E-state index contributed by atoms with van der Waals surface area (Å²) in [5, 5.41) is 4.23. The minimum Gasteiger partial charge on any atom is -0.313 e. The number of hydrogen-bond acceptors (Lipinski definition) is 3. The Morgan fingerprint density at radius 3 is 2.58 bits per heavy atom. The molecule has 1 N–H and O–H groups in total. The summed E-state index contributed by atoms with van der Waals surface area (Å²) in [5.41, 5.74) is 1.23. The van der Waals surface area contributed by atoms with E-state index in [4.69, 9.17) is 11.6 Å². The second kappa shape index (κ2) is 9.65. The van der Waals surface area contributed by atoms with Gasteiger partial charge in [0.1, 0.15) is 0 Å². The van der Waals surface area contributed by atoms with Crippen LogP contribution >= 0.6 is 23.4 Å². The normalized spacial score (nSPS) is 11.2. The topological polar surface area (TPSA) is 15.3 Å². The van der Waals surface area contributed by atoms with E-state index in [-0.39, 0.29) is 0 Å². The van der Waals surface area contributed by atoms with Crippen molar-refractivity contribution < 1.29 is 0 Å². The van der Waals surface area contributed by atoms with Crippen LogP contribution in [0.15, 0.2) is 23.1 Å². The van der Waals surface area contributed by atoms with Crippen LogP contribution in [-0.4, -0.2) is 36.8 Å². The molecule has 4 heteroatoms. The highest BCUT2D eigenvalue weighted by molar-refractivity contribution is 7.99. The summed E-state index contributed by atoms with van der Waals surface area (Å²) in [6, 6.07) is 6.19. The van der Waals surface area contributed by atoms with Crippen molar-refractivity contribution in [2.24, 2.45) is 0 Å². The van der Waals surface area contributed by atoms with Gasteiger partial charge in [0.25, 0.3) is 0 Å². The molecule has 0 saturated heterocycles. The summed E-state index contributed by atoms with van der Waals surface area (Å²) in [6.45, 7) is 11.7. The van der Waals surface area contributed by atoms with Gasteiger partial charge in [-0.05, 0) is 37.3 Å². The fourth-order valence-electron chi connectivity index (χ4n) is 1.92. The molecular weight excluding hydrogens is 276 g/mol. The first-order valence-electron chi connectivity index (χ1n) is 7.06. The zero-order valence-electron chi connectivity index (χ0n) is 12.2. The van der Waals surface area contributed by atoms with Crippen LogP contribution in [0.25, 0.3) is 0 Å². The van der Waals surface area contributed by atoms with Crippen LogP contribution in [0.2, 0.25) is 5.02 Å². The Bertz CT molecular complexity index is 367. The first kappa shape index (κ1) is 16.8. The Morgan fingerprint density at radius 2 is 1.95 bits per heavy atom. The standard InChI is InChI=1S/C15H25ClN2S/c1-4-17-12-13-14(16)8-7-9-15(13)19-11-10-18(5-2)6-3/h7-9,17H,4-6,10-12H2,1-3H3. The number of rotatable bonds is 9. The van der Waals surface area contributed by atoms with E-state index in [1.54, 1.807) is 0 Å². The van der Waals surface area contributed by atoms with Gasteiger partial charge in [-0.25, -0.2) is 0 Å². The summed E-state index contributed by atoms with van der Waals surface area (Å²) in [5.74, 6) is 1.11. The maximum absolute atomic E-state index is 6.30. The molecule has 19 heavy (non-hydrogen) atoms. The zero-order valence-corrected chi connectivity index (χ0v) is 13.8. The van der Waals surface area contributed by atoms with Gasteiger partial charge in [0.2, 0.25) is 0 Å². The minimum atomic E-state index is 0.851. The fourth-order valence-corrected chi connectivity index (χ4v) is 3.32. The Balaban J connectivity index is 2.59. The molecule has 0 saturated carbocycles. The Labute approximate surface area is 126 Å². The third-order valence-electron chi connectivity index (χ3n) is 3.19. The van der Waals surface area contributed by atoms with Crippen molar-refractivity contribution in [3.8, 4) is 0 Å². The van der Waals surface area contributed by atoms with Gasteiger partial charge in [-0.15, -0.1) is 11.8 Å². The second-order valence-electron chi connectivity index (χ2n) is 4.37. The first-order chi connectivity index (χ1) is 9.22. The molecule has 0 spiro atoms. The largest absolute Gasteiger partial charge is 0.313 e. The molecule has 0 aliphatic rings. The van der Waals surface area contributed by atoms with Crippen molar-refractivity contribution >= 4 is 23.4 Å². The average Bonchev–Trinajstić information content (AvgIpc) is 2.43. The van der Waals surface area contributed by atoms with Crippen LogP contribution in [0.1, 0.15) is 26.3 Å². The minimum absolute atomic E-state index is 0.851. The van der Waals surface area contributed by atoms with Crippen molar-refractivity contribution in [3.05, 3.63) is 28.8 Å². The van der Waals surface area contributed by atoms with Gasteiger partial charge in [-0.1, -0.05) is 38.4 Å². The van der Waals surface area contributed by atoms with E-state index >= 15 is 0 Å². The van der Waals surface area contributed by atoms with E-state index in [9.17, 15) is 0 Å². The monoisotopic (exact) mass is 300 g/mol. The van der Waals surface area contributed by atoms with Gasteiger partial charge in [0.15, 0.2) is 0 Å². The first-order valence-corrected chi connectivity index (χ1v) is 8.42. The highest BCUT2D eigenvalue weighted by Gasteiger charge is 2.07. The molecule has 0 bridgehead atoms. The number of nitrogens with zero attached hydrogens (tertiary/aromatic N) is 1. The lowest BCUT2D eigenvalue weighted by Crippen LogP contribution is -2.25. The van der Waals surface area contributed by atoms with E-state index in [1.807, 2.05) is 23.9 Å². The Kier molecular flexibility index (Phi) is 8.55. The quantitative estimate of drug-likeness (QED) is 0.697. The molecule has 1 aromatic carbocycles.